The molecule has 0 unspecified atom stereocenters. The molecule has 0 spiro atoms. The maximum absolute atomic E-state index is 11.4. The molecule has 2 N–H and O–H groups in total. The predicted octanol–water partition coefficient (Wildman–Crippen LogP) is 2.49. The van der Waals surface area contributed by atoms with Crippen molar-refractivity contribution in [3.63, 3.8) is 0 Å². The zero-order valence-corrected chi connectivity index (χ0v) is 14.8. The molecule has 1 aliphatic rings. The molecule has 1 amide bonds. The number of methoxy groups -OCH3 is 1. The molecular formula is C17H22N4O2S. The molecule has 7 heteroatoms. The van der Waals surface area contributed by atoms with Gasteiger partial charge in [0.15, 0.2) is 0 Å². The van der Waals surface area contributed by atoms with Crippen LogP contribution in [0.1, 0.15) is 42.5 Å². The Balaban J connectivity index is 1.94. The Kier molecular flexibility index (Phi) is 4.99. The van der Waals surface area contributed by atoms with Gasteiger partial charge >= 0.3 is 0 Å². The molecule has 1 saturated carbocycles. The molecule has 3 rings (SSSR count). The van der Waals surface area contributed by atoms with E-state index in [0.717, 1.165) is 28.2 Å². The predicted molar refractivity (Wildman–Crippen MR) is 94.0 cm³/mol. The molecule has 1 heterocycles. The van der Waals surface area contributed by atoms with Gasteiger partial charge in [0, 0.05) is 12.6 Å². The molecule has 0 saturated heterocycles. The Hall–Kier alpha value is -2.15. The first-order chi connectivity index (χ1) is 11.6. The minimum Gasteiger partial charge on any atom is -0.496 e. The number of carbonyl (C=O) groups is 1. The minimum atomic E-state index is -0.504. The average molecular weight is 346 g/mol. The molecule has 1 aromatic carbocycles. The van der Waals surface area contributed by atoms with E-state index in [1.165, 1.54) is 26.4 Å². The Morgan fingerprint density at radius 3 is 2.79 bits per heavy atom. The largest absolute Gasteiger partial charge is 0.496 e. The van der Waals surface area contributed by atoms with E-state index in [4.69, 9.17) is 15.5 Å². The first-order valence-corrected chi connectivity index (χ1v) is 8.96. The number of aromatic nitrogens is 2. The third-order valence-electron chi connectivity index (χ3n) is 4.29. The van der Waals surface area contributed by atoms with Crippen molar-refractivity contribution in [2.24, 2.45) is 17.8 Å². The summed E-state index contributed by atoms with van der Waals surface area (Å²) in [6.45, 7) is 0. The highest BCUT2D eigenvalue weighted by molar-refractivity contribution is 7.12. The van der Waals surface area contributed by atoms with Crippen molar-refractivity contribution in [3.05, 3.63) is 28.6 Å². The maximum atomic E-state index is 11.4. The molecule has 1 aromatic heterocycles. The molecule has 1 aliphatic carbocycles. The van der Waals surface area contributed by atoms with Crippen molar-refractivity contribution >= 4 is 17.2 Å². The van der Waals surface area contributed by atoms with E-state index in [0.29, 0.717) is 17.4 Å². The smallest absolute Gasteiger partial charge is 0.252 e. The fourth-order valence-electron chi connectivity index (χ4n) is 2.97. The lowest BCUT2D eigenvalue weighted by Gasteiger charge is -2.16. The Morgan fingerprint density at radius 1 is 1.38 bits per heavy atom. The van der Waals surface area contributed by atoms with Crippen molar-refractivity contribution in [3.8, 4) is 16.3 Å². The molecule has 1 fully saturated rings. The Bertz CT molecular complexity index is 803. The fourth-order valence-corrected chi connectivity index (χ4v) is 3.93. The van der Waals surface area contributed by atoms with E-state index in [1.54, 1.807) is 23.5 Å². The quantitative estimate of drug-likeness (QED) is 0.923. The summed E-state index contributed by atoms with van der Waals surface area (Å²) in [4.78, 5) is 17.2. The van der Waals surface area contributed by atoms with Crippen LogP contribution in [0.25, 0.3) is 10.6 Å². The van der Waals surface area contributed by atoms with Crippen LogP contribution in [0.4, 0.5) is 0 Å². The van der Waals surface area contributed by atoms with Crippen LogP contribution in [0, 0.1) is 0 Å². The minimum absolute atomic E-state index is 0.370. The van der Waals surface area contributed by atoms with Gasteiger partial charge in [0.1, 0.15) is 10.8 Å². The molecule has 0 bridgehead atoms. The summed E-state index contributed by atoms with van der Waals surface area (Å²) < 4.78 is 7.10. The topological polar surface area (TPSA) is 82.5 Å². The maximum Gasteiger partial charge on any atom is 0.252 e. The summed E-state index contributed by atoms with van der Waals surface area (Å²) in [5.41, 5.74) is 6.62. The van der Waals surface area contributed by atoms with Crippen molar-refractivity contribution in [1.29, 1.82) is 0 Å². The highest BCUT2D eigenvalue weighted by Gasteiger charge is 2.15. The summed E-state index contributed by atoms with van der Waals surface area (Å²) in [6.07, 6.45) is 6.16. The van der Waals surface area contributed by atoms with E-state index in [-0.39, 0.29) is 0 Å². The van der Waals surface area contributed by atoms with Gasteiger partial charge in [0.05, 0.1) is 18.7 Å². The second-order valence-electron chi connectivity index (χ2n) is 6.01. The standard InChI is InChI=1S/C17H22N4O2S/c1-21-17(19-12-6-4-3-5-7-12)24-16(20-21)11-8-9-13(15(18)22)14(10-11)23-2/h8-10,12H,3-7H2,1-2H3,(H2,18,22)/b19-17+. The number of nitrogens with two attached hydrogens (primary N) is 1. The first kappa shape index (κ1) is 16.7. The molecule has 24 heavy (non-hydrogen) atoms. The van der Waals surface area contributed by atoms with Crippen LogP contribution in [0.5, 0.6) is 5.75 Å². The van der Waals surface area contributed by atoms with Gasteiger partial charge in [-0.05, 0) is 25.0 Å². The van der Waals surface area contributed by atoms with Gasteiger partial charge < -0.3 is 10.5 Å². The SMILES string of the molecule is COc1cc(-c2nn(C)/c(=N\C3CCCCC3)s2)ccc1C(N)=O. The van der Waals surface area contributed by atoms with Gasteiger partial charge in [0.25, 0.3) is 5.91 Å². The zero-order chi connectivity index (χ0) is 17.1. The Labute approximate surface area is 145 Å². The third-order valence-corrected chi connectivity index (χ3v) is 5.35. The van der Waals surface area contributed by atoms with E-state index < -0.39 is 5.91 Å². The summed E-state index contributed by atoms with van der Waals surface area (Å²) >= 11 is 1.55. The second kappa shape index (κ2) is 7.17. The highest BCUT2D eigenvalue weighted by atomic mass is 32.1. The number of amides is 1. The highest BCUT2D eigenvalue weighted by Crippen LogP contribution is 2.27. The van der Waals surface area contributed by atoms with Gasteiger partial charge in [-0.3, -0.25) is 9.79 Å². The molecular weight excluding hydrogens is 324 g/mol. The van der Waals surface area contributed by atoms with Gasteiger partial charge in [0.2, 0.25) is 4.80 Å². The van der Waals surface area contributed by atoms with Gasteiger partial charge in [-0.25, -0.2) is 4.68 Å². The second-order valence-corrected chi connectivity index (χ2v) is 6.97. The Morgan fingerprint density at radius 2 is 2.12 bits per heavy atom. The van der Waals surface area contributed by atoms with Crippen LogP contribution in [-0.2, 0) is 7.05 Å². The van der Waals surface area contributed by atoms with Crippen LogP contribution < -0.4 is 15.3 Å². The molecule has 128 valence electrons. The van der Waals surface area contributed by atoms with Crippen LogP contribution in [0.2, 0.25) is 0 Å². The van der Waals surface area contributed by atoms with Crippen LogP contribution >= 0.6 is 11.3 Å². The fraction of sp³-hybridized carbons (Fsp3) is 0.471. The molecule has 0 radical (unpaired) electrons. The monoisotopic (exact) mass is 346 g/mol. The number of nitrogens with zero attached hydrogens (tertiary/aromatic N) is 3. The van der Waals surface area contributed by atoms with E-state index >= 15 is 0 Å². The van der Waals surface area contributed by atoms with Crippen molar-refractivity contribution in [2.45, 2.75) is 38.1 Å². The summed E-state index contributed by atoms with van der Waals surface area (Å²) in [5.74, 6) is -0.0419. The summed E-state index contributed by atoms with van der Waals surface area (Å²) in [6, 6.07) is 5.72. The van der Waals surface area contributed by atoms with E-state index in [9.17, 15) is 4.79 Å². The first-order valence-electron chi connectivity index (χ1n) is 8.14. The van der Waals surface area contributed by atoms with Gasteiger partial charge in [-0.1, -0.05) is 36.7 Å². The van der Waals surface area contributed by atoms with Gasteiger partial charge in [-0.2, -0.15) is 5.10 Å². The molecule has 0 aliphatic heterocycles. The number of primary amides is 1. The number of benzene rings is 1. The lowest BCUT2D eigenvalue weighted by atomic mass is 9.96. The number of carbonyl (C=O) groups excluding carboxylic acids is 1. The number of aryl methyl sites for hydroxylation is 1. The third kappa shape index (κ3) is 3.51. The lowest BCUT2D eigenvalue weighted by Crippen LogP contribution is -2.18. The zero-order valence-electron chi connectivity index (χ0n) is 14.0. The number of rotatable bonds is 4. The van der Waals surface area contributed by atoms with Crippen LogP contribution in [0.15, 0.2) is 23.2 Å². The van der Waals surface area contributed by atoms with Crippen LogP contribution in [0.3, 0.4) is 0 Å². The van der Waals surface area contributed by atoms with Crippen molar-refractivity contribution in [2.75, 3.05) is 7.11 Å². The molecule has 2 aromatic rings. The average Bonchev–Trinajstić information content (AvgIpc) is 2.96. The van der Waals surface area contributed by atoms with Gasteiger partial charge in [-0.15, -0.1) is 0 Å². The molecule has 0 atom stereocenters. The number of hydrogen-bond acceptors (Lipinski definition) is 5. The normalized spacial score (nSPS) is 16.3. The van der Waals surface area contributed by atoms with Crippen molar-refractivity contribution in [1.82, 2.24) is 9.78 Å². The van der Waals surface area contributed by atoms with Crippen molar-refractivity contribution < 1.29 is 9.53 Å². The van der Waals surface area contributed by atoms with E-state index in [2.05, 4.69) is 5.10 Å². The van der Waals surface area contributed by atoms with Crippen LogP contribution in [-0.4, -0.2) is 28.8 Å². The van der Waals surface area contributed by atoms with E-state index in [1.807, 2.05) is 17.8 Å². The lowest BCUT2D eigenvalue weighted by molar-refractivity contribution is 0.0997. The number of ether oxygens (including phenoxy) is 1. The summed E-state index contributed by atoms with van der Waals surface area (Å²) in [7, 11) is 3.44. The summed E-state index contributed by atoms with van der Waals surface area (Å²) in [5, 5.41) is 5.41. The molecule has 6 nitrogen and oxygen atoms in total. The number of hydrogen-bond donors (Lipinski definition) is 1.